The lowest BCUT2D eigenvalue weighted by Crippen LogP contribution is -2.22. The fourth-order valence-corrected chi connectivity index (χ4v) is 2.42. The molecule has 1 aromatic carbocycles. The van der Waals surface area contributed by atoms with Gasteiger partial charge in [0.1, 0.15) is 0 Å². The van der Waals surface area contributed by atoms with Gasteiger partial charge in [-0.2, -0.15) is 0 Å². The predicted molar refractivity (Wildman–Crippen MR) is 82.5 cm³/mol. The van der Waals surface area contributed by atoms with Crippen molar-refractivity contribution >= 4 is 33.8 Å². The second-order valence-electron chi connectivity index (χ2n) is 3.94. The van der Waals surface area contributed by atoms with Crippen LogP contribution in [0.25, 0.3) is 5.43 Å². The summed E-state index contributed by atoms with van der Waals surface area (Å²) in [5, 5.41) is 17.0. The van der Waals surface area contributed by atoms with E-state index in [0.717, 1.165) is 23.1 Å². The van der Waals surface area contributed by atoms with Gasteiger partial charge in [-0.15, -0.1) is 5.21 Å². The summed E-state index contributed by atoms with van der Waals surface area (Å²) < 4.78 is 1.03. The van der Waals surface area contributed by atoms with E-state index >= 15 is 0 Å². The first-order valence-electron chi connectivity index (χ1n) is 6.26. The molecule has 0 atom stereocenters. The number of aromatic nitrogens is 4. The number of H-pyrrole nitrogens is 1. The second-order valence-corrected chi connectivity index (χ2v) is 4.79. The van der Waals surface area contributed by atoms with Crippen molar-refractivity contribution in [3.63, 3.8) is 0 Å². The lowest BCUT2D eigenvalue weighted by Gasteiger charge is -2.22. The molecule has 0 spiro atoms. The molecule has 0 aliphatic heterocycles. The van der Waals surface area contributed by atoms with Crippen LogP contribution in [0.3, 0.4) is 0 Å². The minimum atomic E-state index is 0.208. The molecule has 2 rings (SSSR count). The van der Waals surface area contributed by atoms with Gasteiger partial charge in [-0.25, -0.2) is 5.10 Å². The maximum atomic E-state index is 3.92. The number of hydrogen-bond acceptors (Lipinski definition) is 5. The highest BCUT2D eigenvalue weighted by Crippen LogP contribution is 2.26. The Morgan fingerprint density at radius 3 is 2.80 bits per heavy atom. The summed E-state index contributed by atoms with van der Waals surface area (Å²) in [6, 6.07) is 6.06. The number of anilines is 1. The Morgan fingerprint density at radius 2 is 2.20 bits per heavy atom. The Balaban J connectivity index is 2.06. The van der Waals surface area contributed by atoms with Crippen molar-refractivity contribution in [2.24, 2.45) is 5.10 Å². The van der Waals surface area contributed by atoms with E-state index in [1.54, 1.807) is 6.21 Å². The normalized spacial score (nSPS) is 10.9. The molecule has 0 unspecified atom stereocenters. The van der Waals surface area contributed by atoms with Crippen molar-refractivity contribution in [1.29, 1.82) is 0 Å². The van der Waals surface area contributed by atoms with Gasteiger partial charge < -0.3 is 4.90 Å². The summed E-state index contributed by atoms with van der Waals surface area (Å²) in [5.74, 6) is 0.208. The molecule has 0 amide bonds. The van der Waals surface area contributed by atoms with Crippen molar-refractivity contribution < 1.29 is 0 Å². The number of tetrazole rings is 1. The average molecular weight is 337 g/mol. The molecule has 0 radical (unpaired) electrons. The van der Waals surface area contributed by atoms with E-state index in [1.165, 1.54) is 5.69 Å². The van der Waals surface area contributed by atoms with E-state index in [9.17, 15) is 0 Å². The van der Waals surface area contributed by atoms with Crippen LogP contribution < -0.4 is 4.90 Å². The number of nitrogens with zero attached hydrogens (tertiary/aromatic N) is 6. The molecule has 2 aromatic rings. The van der Waals surface area contributed by atoms with Gasteiger partial charge in [0.05, 0.1) is 11.6 Å². The van der Waals surface area contributed by atoms with E-state index in [4.69, 9.17) is 0 Å². The van der Waals surface area contributed by atoms with E-state index in [0.29, 0.717) is 0 Å². The van der Waals surface area contributed by atoms with Crippen molar-refractivity contribution in [1.82, 2.24) is 20.6 Å². The molecule has 1 N–H and O–H groups in total. The third-order valence-electron chi connectivity index (χ3n) is 2.76. The molecule has 1 aromatic heterocycles. The second kappa shape index (κ2) is 6.99. The lowest BCUT2D eigenvalue weighted by molar-refractivity contribution is 0.864. The SMILES string of the molecule is CCN(CC)c1ccc(/C=N\[N-]c2nn[nH]n2)cc1Br. The zero-order chi connectivity index (χ0) is 14.4. The molecule has 0 fully saturated rings. The lowest BCUT2D eigenvalue weighted by atomic mass is 10.2. The number of nitrogens with one attached hydrogen (secondary N) is 1. The van der Waals surface area contributed by atoms with Crippen LogP contribution in [0.5, 0.6) is 0 Å². The molecule has 7 nitrogen and oxygen atoms in total. The number of benzene rings is 1. The van der Waals surface area contributed by atoms with Crippen molar-refractivity contribution in [2.75, 3.05) is 18.0 Å². The Morgan fingerprint density at radius 1 is 1.40 bits per heavy atom. The highest BCUT2D eigenvalue weighted by molar-refractivity contribution is 9.10. The van der Waals surface area contributed by atoms with Crippen LogP contribution in [0.15, 0.2) is 27.8 Å². The molecule has 0 aliphatic carbocycles. The monoisotopic (exact) mass is 336 g/mol. The summed E-state index contributed by atoms with van der Waals surface area (Å²) in [5.41, 5.74) is 5.92. The van der Waals surface area contributed by atoms with Gasteiger partial charge in [-0.05, 0) is 47.5 Å². The van der Waals surface area contributed by atoms with Crippen LogP contribution in [-0.2, 0) is 0 Å². The zero-order valence-electron chi connectivity index (χ0n) is 11.3. The standard InChI is InChI=1S/C12H15BrN7/c1-3-20(4-2)11-6-5-9(7-10(11)13)8-14-15-12-16-18-19-17-12/h5-8H,3-4H2,1-2H3,(H-,15,16,17,18,19)/q-1/b14-8-. The highest BCUT2D eigenvalue weighted by atomic mass is 79.9. The van der Waals surface area contributed by atoms with Crippen LogP contribution in [0, 0.1) is 0 Å². The molecule has 20 heavy (non-hydrogen) atoms. The maximum absolute atomic E-state index is 3.92. The minimum Gasteiger partial charge on any atom is -0.371 e. The first kappa shape index (κ1) is 14.4. The van der Waals surface area contributed by atoms with Gasteiger partial charge in [0.15, 0.2) is 0 Å². The smallest absolute Gasteiger partial charge is 0.0830 e. The van der Waals surface area contributed by atoms with Crippen LogP contribution in [0.4, 0.5) is 11.6 Å². The summed E-state index contributed by atoms with van der Waals surface area (Å²) in [4.78, 5) is 2.27. The zero-order valence-corrected chi connectivity index (χ0v) is 12.9. The third kappa shape index (κ3) is 3.53. The van der Waals surface area contributed by atoms with E-state index in [-0.39, 0.29) is 5.95 Å². The predicted octanol–water partition coefficient (Wildman–Crippen LogP) is 2.85. The summed E-state index contributed by atoms with van der Waals surface area (Å²) in [6.45, 7) is 6.20. The summed E-state index contributed by atoms with van der Waals surface area (Å²) in [6.07, 6.45) is 1.65. The van der Waals surface area contributed by atoms with Crippen LogP contribution >= 0.6 is 15.9 Å². The average Bonchev–Trinajstić information content (AvgIpc) is 2.95. The molecular weight excluding hydrogens is 322 g/mol. The number of hydrogen-bond donors (Lipinski definition) is 1. The van der Waals surface area contributed by atoms with Gasteiger partial charge in [0.25, 0.3) is 0 Å². The Labute approximate surface area is 125 Å². The van der Waals surface area contributed by atoms with Gasteiger partial charge in [0.2, 0.25) is 0 Å². The third-order valence-corrected chi connectivity index (χ3v) is 3.40. The van der Waals surface area contributed by atoms with Gasteiger partial charge in [-0.1, -0.05) is 6.07 Å². The number of aromatic amines is 1. The number of halogens is 1. The maximum Gasteiger partial charge on any atom is 0.0830 e. The van der Waals surface area contributed by atoms with Gasteiger partial charge in [0, 0.05) is 23.8 Å². The first-order valence-corrected chi connectivity index (χ1v) is 7.06. The highest BCUT2D eigenvalue weighted by Gasteiger charge is 2.06. The van der Waals surface area contributed by atoms with Crippen LogP contribution in [-0.4, -0.2) is 39.9 Å². The molecule has 0 aliphatic rings. The Hall–Kier alpha value is -1.96. The molecule has 0 bridgehead atoms. The topological polar surface area (TPSA) is 84.2 Å². The quantitative estimate of drug-likeness (QED) is 0.649. The molecular formula is C12H15BrN7-. The largest absolute Gasteiger partial charge is 0.371 e. The van der Waals surface area contributed by atoms with E-state index in [2.05, 4.69) is 71.9 Å². The van der Waals surface area contributed by atoms with Crippen molar-refractivity contribution in [3.8, 4) is 0 Å². The molecule has 1 heterocycles. The van der Waals surface area contributed by atoms with Crippen LogP contribution in [0.1, 0.15) is 19.4 Å². The summed E-state index contributed by atoms with van der Waals surface area (Å²) >= 11 is 3.59. The summed E-state index contributed by atoms with van der Waals surface area (Å²) in [7, 11) is 0. The van der Waals surface area contributed by atoms with Crippen LogP contribution in [0.2, 0.25) is 0 Å². The number of rotatable bonds is 6. The molecule has 106 valence electrons. The molecule has 0 saturated carbocycles. The first-order chi connectivity index (χ1) is 9.74. The Bertz CT molecular complexity index is 563. The van der Waals surface area contributed by atoms with Crippen molar-refractivity contribution in [3.05, 3.63) is 33.7 Å². The van der Waals surface area contributed by atoms with E-state index < -0.39 is 0 Å². The van der Waals surface area contributed by atoms with E-state index in [1.807, 2.05) is 12.1 Å². The van der Waals surface area contributed by atoms with Gasteiger partial charge in [-0.3, -0.25) is 20.8 Å². The van der Waals surface area contributed by atoms with Crippen molar-refractivity contribution in [2.45, 2.75) is 13.8 Å². The fraction of sp³-hybridized carbons (Fsp3) is 0.333. The minimum absolute atomic E-state index is 0.208. The molecule has 8 heteroatoms. The fourth-order valence-electron chi connectivity index (χ4n) is 1.77. The molecule has 0 saturated heterocycles. The van der Waals surface area contributed by atoms with Gasteiger partial charge >= 0.3 is 0 Å². The Kier molecular flexibility index (Phi) is 5.05.